The number of hydrogen-bond acceptors (Lipinski definition) is 4. The Balaban J connectivity index is 1.80. The van der Waals surface area contributed by atoms with E-state index in [-0.39, 0.29) is 11.8 Å². The van der Waals surface area contributed by atoms with E-state index in [1.807, 2.05) is 67.8 Å². The fourth-order valence-corrected chi connectivity index (χ4v) is 3.84. The second-order valence-corrected chi connectivity index (χ2v) is 7.38. The molecule has 4 nitrogen and oxygen atoms in total. The van der Waals surface area contributed by atoms with Crippen molar-refractivity contribution in [2.45, 2.75) is 13.8 Å². The number of nitrogens with one attached hydrogen (secondary N) is 1. The van der Waals surface area contributed by atoms with Crippen LogP contribution in [-0.4, -0.2) is 11.8 Å². The van der Waals surface area contributed by atoms with Crippen LogP contribution in [0, 0.1) is 13.8 Å². The number of carbonyl (C=O) groups excluding carboxylic acids is 2. The van der Waals surface area contributed by atoms with Crippen LogP contribution in [0.2, 0.25) is 0 Å². The van der Waals surface area contributed by atoms with Crippen molar-refractivity contribution in [3.63, 3.8) is 0 Å². The summed E-state index contributed by atoms with van der Waals surface area (Å²) < 4.78 is 0. The van der Waals surface area contributed by atoms with E-state index in [4.69, 9.17) is 0 Å². The Morgan fingerprint density at radius 1 is 0.852 bits per heavy atom. The molecule has 0 radical (unpaired) electrons. The van der Waals surface area contributed by atoms with Gasteiger partial charge in [-0.3, -0.25) is 9.59 Å². The number of para-hydroxylation sites is 1. The molecule has 0 saturated carbocycles. The van der Waals surface area contributed by atoms with Crippen molar-refractivity contribution in [2.24, 2.45) is 0 Å². The molecular formula is C22H18N2O2S. The zero-order valence-corrected chi connectivity index (χ0v) is 15.8. The number of benzene rings is 2. The molecule has 2 aromatic carbocycles. The molecule has 5 heteroatoms. The molecule has 0 atom stereocenters. The van der Waals surface area contributed by atoms with Gasteiger partial charge in [-0.2, -0.15) is 0 Å². The van der Waals surface area contributed by atoms with Crippen molar-refractivity contribution in [3.8, 4) is 0 Å². The van der Waals surface area contributed by atoms with Gasteiger partial charge in [0.15, 0.2) is 0 Å². The first-order valence-electron chi connectivity index (χ1n) is 8.62. The predicted molar refractivity (Wildman–Crippen MR) is 110 cm³/mol. The molecule has 0 spiro atoms. The van der Waals surface area contributed by atoms with E-state index in [9.17, 15) is 9.59 Å². The van der Waals surface area contributed by atoms with Crippen LogP contribution >= 0.6 is 11.3 Å². The number of amides is 2. The normalized spacial score (nSPS) is 14.2. The highest BCUT2D eigenvalue weighted by Gasteiger charge is 2.40. The van der Waals surface area contributed by atoms with Gasteiger partial charge >= 0.3 is 0 Å². The number of imide groups is 1. The third-order valence-corrected chi connectivity index (χ3v) is 5.53. The van der Waals surface area contributed by atoms with E-state index in [2.05, 4.69) is 5.32 Å². The fourth-order valence-electron chi connectivity index (χ4n) is 3.07. The topological polar surface area (TPSA) is 49.4 Å². The highest BCUT2D eigenvalue weighted by molar-refractivity contribution is 7.11. The van der Waals surface area contributed by atoms with Crippen LogP contribution in [0.5, 0.6) is 0 Å². The lowest BCUT2D eigenvalue weighted by Gasteiger charge is -2.15. The zero-order valence-electron chi connectivity index (χ0n) is 15.0. The standard InChI is InChI=1S/C22H18N2O2S/c1-14-10-11-16(13-15(14)2)23-20-19(18-9-6-12-27-18)21(25)24(22(20)26)17-7-4-3-5-8-17/h3-13,23H,1-2H3. The predicted octanol–water partition coefficient (Wildman–Crippen LogP) is 4.76. The molecule has 0 bridgehead atoms. The van der Waals surface area contributed by atoms with Gasteiger partial charge in [-0.25, -0.2) is 4.90 Å². The summed E-state index contributed by atoms with van der Waals surface area (Å²) in [6.45, 7) is 4.06. The maximum absolute atomic E-state index is 13.2. The Hall–Kier alpha value is -3.18. The maximum Gasteiger partial charge on any atom is 0.282 e. The van der Waals surface area contributed by atoms with Crippen LogP contribution in [0.3, 0.4) is 0 Å². The third kappa shape index (κ3) is 3.06. The summed E-state index contributed by atoms with van der Waals surface area (Å²) in [5.74, 6) is -0.646. The van der Waals surface area contributed by atoms with Gasteiger partial charge in [-0.05, 0) is 60.7 Å². The lowest BCUT2D eigenvalue weighted by atomic mass is 10.1. The van der Waals surface area contributed by atoms with Crippen LogP contribution < -0.4 is 10.2 Å². The average Bonchev–Trinajstić information content (AvgIpc) is 3.26. The molecule has 1 aromatic heterocycles. The molecule has 0 unspecified atom stereocenters. The molecule has 0 saturated heterocycles. The van der Waals surface area contributed by atoms with Gasteiger partial charge in [0, 0.05) is 10.6 Å². The first kappa shape index (κ1) is 17.2. The Labute approximate surface area is 161 Å². The average molecular weight is 374 g/mol. The van der Waals surface area contributed by atoms with E-state index in [1.165, 1.54) is 21.8 Å². The number of aryl methyl sites for hydroxylation is 2. The molecule has 3 aromatic rings. The van der Waals surface area contributed by atoms with E-state index >= 15 is 0 Å². The van der Waals surface area contributed by atoms with Gasteiger partial charge in [0.25, 0.3) is 11.8 Å². The molecule has 1 aliphatic heterocycles. The third-order valence-electron chi connectivity index (χ3n) is 4.64. The highest BCUT2D eigenvalue weighted by atomic mass is 32.1. The number of carbonyl (C=O) groups is 2. The first-order valence-corrected chi connectivity index (χ1v) is 9.50. The molecular weight excluding hydrogens is 356 g/mol. The second-order valence-electron chi connectivity index (χ2n) is 6.43. The zero-order chi connectivity index (χ0) is 19.0. The lowest BCUT2D eigenvalue weighted by molar-refractivity contribution is -0.120. The highest BCUT2D eigenvalue weighted by Crippen LogP contribution is 2.35. The van der Waals surface area contributed by atoms with Crippen LogP contribution in [0.4, 0.5) is 11.4 Å². The summed E-state index contributed by atoms with van der Waals surface area (Å²) in [7, 11) is 0. The monoisotopic (exact) mass is 374 g/mol. The summed E-state index contributed by atoms with van der Waals surface area (Å²) in [4.78, 5) is 28.3. The Morgan fingerprint density at radius 3 is 2.30 bits per heavy atom. The Kier molecular flexibility index (Phi) is 4.38. The molecule has 0 aliphatic carbocycles. The fraction of sp³-hybridized carbons (Fsp3) is 0.0909. The van der Waals surface area contributed by atoms with E-state index < -0.39 is 0 Å². The van der Waals surface area contributed by atoms with E-state index in [1.54, 1.807) is 12.1 Å². The van der Waals surface area contributed by atoms with Gasteiger partial charge in [0.05, 0.1) is 11.3 Å². The minimum absolute atomic E-state index is 0.306. The SMILES string of the molecule is Cc1ccc(NC2=C(c3cccs3)C(=O)N(c3ccccc3)C2=O)cc1C. The van der Waals surface area contributed by atoms with E-state index in [0.717, 1.165) is 16.1 Å². The van der Waals surface area contributed by atoms with Crippen LogP contribution in [-0.2, 0) is 9.59 Å². The molecule has 4 rings (SSSR count). The van der Waals surface area contributed by atoms with Crippen molar-refractivity contribution in [2.75, 3.05) is 10.2 Å². The van der Waals surface area contributed by atoms with Crippen LogP contribution in [0.1, 0.15) is 16.0 Å². The smallest absolute Gasteiger partial charge is 0.282 e. The number of anilines is 2. The van der Waals surface area contributed by atoms with Crippen molar-refractivity contribution in [1.29, 1.82) is 0 Å². The number of nitrogens with zero attached hydrogens (tertiary/aromatic N) is 1. The Morgan fingerprint density at radius 2 is 1.63 bits per heavy atom. The summed E-state index contributed by atoms with van der Waals surface area (Å²) in [5.41, 5.74) is 4.38. The van der Waals surface area contributed by atoms with Gasteiger partial charge in [-0.1, -0.05) is 30.3 Å². The summed E-state index contributed by atoms with van der Waals surface area (Å²) in [5, 5.41) is 5.10. The van der Waals surface area contributed by atoms with Gasteiger partial charge in [-0.15, -0.1) is 11.3 Å². The van der Waals surface area contributed by atoms with Gasteiger partial charge in [0.1, 0.15) is 5.70 Å². The number of rotatable bonds is 4. The molecule has 134 valence electrons. The summed E-state index contributed by atoms with van der Waals surface area (Å²) in [6, 6.07) is 18.7. The van der Waals surface area contributed by atoms with E-state index in [0.29, 0.717) is 17.0 Å². The van der Waals surface area contributed by atoms with Crippen LogP contribution in [0.15, 0.2) is 71.7 Å². The minimum atomic E-state index is -0.340. The molecule has 1 N–H and O–H groups in total. The van der Waals surface area contributed by atoms with Gasteiger partial charge in [0.2, 0.25) is 0 Å². The van der Waals surface area contributed by atoms with Crippen LogP contribution in [0.25, 0.3) is 5.57 Å². The van der Waals surface area contributed by atoms with Crippen molar-refractivity contribution < 1.29 is 9.59 Å². The number of thiophene rings is 1. The Bertz CT molecular complexity index is 1050. The molecule has 27 heavy (non-hydrogen) atoms. The quantitative estimate of drug-likeness (QED) is 0.670. The largest absolute Gasteiger partial charge is 0.350 e. The second kappa shape index (κ2) is 6.85. The number of hydrogen-bond donors (Lipinski definition) is 1. The van der Waals surface area contributed by atoms with Crippen molar-refractivity contribution in [3.05, 3.63) is 87.7 Å². The minimum Gasteiger partial charge on any atom is -0.350 e. The summed E-state index contributed by atoms with van der Waals surface area (Å²) >= 11 is 1.45. The lowest BCUT2D eigenvalue weighted by Crippen LogP contribution is -2.32. The van der Waals surface area contributed by atoms with Crippen molar-refractivity contribution in [1.82, 2.24) is 0 Å². The molecule has 2 heterocycles. The van der Waals surface area contributed by atoms with Gasteiger partial charge < -0.3 is 5.32 Å². The molecule has 0 fully saturated rings. The van der Waals surface area contributed by atoms with Crippen molar-refractivity contribution >= 4 is 40.1 Å². The molecule has 1 aliphatic rings. The first-order chi connectivity index (χ1) is 13.1. The molecule has 2 amide bonds. The maximum atomic E-state index is 13.2. The summed E-state index contributed by atoms with van der Waals surface area (Å²) in [6.07, 6.45) is 0.